The van der Waals surface area contributed by atoms with Crippen molar-refractivity contribution in [1.29, 1.82) is 0 Å². The molecule has 1 aliphatic rings. The maximum absolute atomic E-state index is 12.5. The molecule has 0 N–H and O–H groups in total. The maximum atomic E-state index is 12.5. The molecule has 0 saturated carbocycles. The molecule has 2 amide bonds. The fourth-order valence-corrected chi connectivity index (χ4v) is 3.97. The maximum Gasteiger partial charge on any atom is 0.261 e. The Balaban J connectivity index is 1.41. The number of imide groups is 1. The first-order valence-corrected chi connectivity index (χ1v) is 9.02. The molecule has 3 heterocycles. The van der Waals surface area contributed by atoms with Crippen LogP contribution in [-0.4, -0.2) is 32.8 Å². The van der Waals surface area contributed by atoms with Crippen molar-refractivity contribution >= 4 is 33.6 Å². The van der Waals surface area contributed by atoms with Crippen LogP contribution in [-0.2, 0) is 6.54 Å². The number of hydrogen-bond acceptors (Lipinski definition) is 3. The summed E-state index contributed by atoms with van der Waals surface area (Å²) >= 11 is 0. The van der Waals surface area contributed by atoms with Crippen molar-refractivity contribution in [3.63, 3.8) is 0 Å². The second-order valence-corrected chi connectivity index (χ2v) is 6.72. The molecule has 5 heteroatoms. The fraction of sp³-hybridized carbons (Fsp3) is 0.136. The summed E-state index contributed by atoms with van der Waals surface area (Å²) in [6.45, 7) is 1.13. The summed E-state index contributed by atoms with van der Waals surface area (Å²) in [6.07, 6.45) is 4.38. The van der Waals surface area contributed by atoms with E-state index in [1.54, 1.807) is 30.5 Å². The highest BCUT2D eigenvalue weighted by atomic mass is 16.2. The van der Waals surface area contributed by atoms with E-state index in [9.17, 15) is 9.59 Å². The van der Waals surface area contributed by atoms with Crippen LogP contribution in [0.1, 0.15) is 27.1 Å². The van der Waals surface area contributed by atoms with E-state index in [0.29, 0.717) is 24.1 Å². The Morgan fingerprint density at radius 2 is 1.41 bits per heavy atom. The zero-order chi connectivity index (χ0) is 18.4. The van der Waals surface area contributed by atoms with Crippen LogP contribution in [0.25, 0.3) is 21.8 Å². The number of rotatable bonds is 4. The molecule has 1 aliphatic heterocycles. The molecule has 0 radical (unpaired) electrons. The normalized spacial score (nSPS) is 13.7. The van der Waals surface area contributed by atoms with Gasteiger partial charge in [0.1, 0.15) is 0 Å². The Morgan fingerprint density at radius 1 is 0.741 bits per heavy atom. The van der Waals surface area contributed by atoms with Crippen LogP contribution in [0.15, 0.2) is 67.0 Å². The van der Waals surface area contributed by atoms with Crippen molar-refractivity contribution < 1.29 is 9.59 Å². The number of carbonyl (C=O) groups is 2. The number of fused-ring (bicyclic) bond motifs is 4. The second-order valence-electron chi connectivity index (χ2n) is 6.72. The van der Waals surface area contributed by atoms with E-state index in [4.69, 9.17) is 0 Å². The van der Waals surface area contributed by atoms with Crippen LogP contribution in [0.2, 0.25) is 0 Å². The third-order valence-electron chi connectivity index (χ3n) is 5.22. The van der Waals surface area contributed by atoms with Crippen LogP contribution < -0.4 is 0 Å². The average molecular weight is 355 g/mol. The van der Waals surface area contributed by atoms with Gasteiger partial charge in [-0.1, -0.05) is 30.3 Å². The van der Waals surface area contributed by atoms with E-state index in [1.807, 2.05) is 24.4 Å². The van der Waals surface area contributed by atoms with Crippen molar-refractivity contribution in [2.75, 3.05) is 6.54 Å². The van der Waals surface area contributed by atoms with E-state index in [0.717, 1.165) is 23.0 Å². The highest BCUT2D eigenvalue weighted by molar-refractivity contribution is 6.21. The summed E-state index contributed by atoms with van der Waals surface area (Å²) in [6, 6.07) is 17.3. The first-order chi connectivity index (χ1) is 13.3. The summed E-state index contributed by atoms with van der Waals surface area (Å²) < 4.78 is 2.24. The number of aryl methyl sites for hydroxylation is 1. The van der Waals surface area contributed by atoms with Gasteiger partial charge in [0.2, 0.25) is 0 Å². The summed E-state index contributed by atoms with van der Waals surface area (Å²) in [5.74, 6) is -0.385. The number of pyridine rings is 1. The first-order valence-electron chi connectivity index (χ1n) is 9.02. The van der Waals surface area contributed by atoms with Gasteiger partial charge in [-0.3, -0.25) is 19.5 Å². The minimum Gasteiger partial charge on any atom is -0.340 e. The van der Waals surface area contributed by atoms with Crippen LogP contribution in [0, 0.1) is 0 Å². The quantitative estimate of drug-likeness (QED) is 0.522. The summed E-state index contributed by atoms with van der Waals surface area (Å²) in [5.41, 5.74) is 3.27. The molecule has 132 valence electrons. The van der Waals surface area contributed by atoms with Crippen molar-refractivity contribution in [1.82, 2.24) is 14.5 Å². The van der Waals surface area contributed by atoms with Gasteiger partial charge in [0.05, 0.1) is 16.6 Å². The largest absolute Gasteiger partial charge is 0.340 e. The zero-order valence-corrected chi connectivity index (χ0v) is 14.6. The lowest BCUT2D eigenvalue weighted by molar-refractivity contribution is 0.0651. The van der Waals surface area contributed by atoms with Gasteiger partial charge < -0.3 is 4.57 Å². The molecule has 0 saturated heterocycles. The van der Waals surface area contributed by atoms with Crippen molar-refractivity contribution in [3.8, 4) is 0 Å². The van der Waals surface area contributed by atoms with E-state index < -0.39 is 0 Å². The smallest absolute Gasteiger partial charge is 0.261 e. The molecule has 27 heavy (non-hydrogen) atoms. The third kappa shape index (κ3) is 2.35. The van der Waals surface area contributed by atoms with Gasteiger partial charge in [0, 0.05) is 41.8 Å². The van der Waals surface area contributed by atoms with E-state index in [-0.39, 0.29) is 11.8 Å². The number of hydrogen-bond donors (Lipinski definition) is 0. The molecule has 0 aliphatic carbocycles. The lowest BCUT2D eigenvalue weighted by atomic mass is 10.1. The lowest BCUT2D eigenvalue weighted by Crippen LogP contribution is -2.31. The average Bonchev–Trinajstić information content (AvgIpc) is 3.16. The van der Waals surface area contributed by atoms with Crippen LogP contribution >= 0.6 is 0 Å². The predicted octanol–water partition coefficient (Wildman–Crippen LogP) is 3.88. The van der Waals surface area contributed by atoms with Crippen molar-refractivity contribution in [2.24, 2.45) is 0 Å². The Bertz CT molecular complexity index is 1120. The number of nitrogens with zero attached hydrogens (tertiary/aromatic N) is 3. The number of benzene rings is 2. The van der Waals surface area contributed by atoms with Crippen LogP contribution in [0.4, 0.5) is 0 Å². The van der Waals surface area contributed by atoms with Gasteiger partial charge in [-0.15, -0.1) is 0 Å². The highest BCUT2D eigenvalue weighted by Crippen LogP contribution is 2.28. The second kappa shape index (κ2) is 6.06. The highest BCUT2D eigenvalue weighted by Gasteiger charge is 2.34. The SMILES string of the molecule is O=C1c2ccccc2C(=O)N1CCCn1c2ccccc2c2cnccc21. The predicted molar refractivity (Wildman–Crippen MR) is 104 cm³/mol. The number of para-hydroxylation sites is 1. The fourth-order valence-electron chi connectivity index (χ4n) is 3.97. The summed E-state index contributed by atoms with van der Waals surface area (Å²) in [4.78, 5) is 30.6. The van der Waals surface area contributed by atoms with E-state index in [1.165, 1.54) is 10.3 Å². The number of carbonyl (C=O) groups excluding carboxylic acids is 2. The molecule has 4 aromatic rings. The first kappa shape index (κ1) is 15.8. The van der Waals surface area contributed by atoms with E-state index >= 15 is 0 Å². The van der Waals surface area contributed by atoms with Crippen LogP contribution in [0.5, 0.6) is 0 Å². The molecule has 2 aromatic carbocycles. The number of amides is 2. The molecule has 0 atom stereocenters. The van der Waals surface area contributed by atoms with E-state index in [2.05, 4.69) is 21.7 Å². The monoisotopic (exact) mass is 355 g/mol. The molecular formula is C22H17N3O2. The Hall–Kier alpha value is -3.47. The topological polar surface area (TPSA) is 55.2 Å². The molecule has 5 nitrogen and oxygen atoms in total. The Morgan fingerprint density at radius 3 is 2.19 bits per heavy atom. The molecule has 0 unspecified atom stereocenters. The molecule has 2 aromatic heterocycles. The minimum atomic E-state index is -0.193. The van der Waals surface area contributed by atoms with Gasteiger partial charge in [0.25, 0.3) is 11.8 Å². The van der Waals surface area contributed by atoms with Gasteiger partial charge in [-0.25, -0.2) is 0 Å². The molecule has 0 fully saturated rings. The van der Waals surface area contributed by atoms with Gasteiger partial charge in [-0.05, 0) is 30.7 Å². The van der Waals surface area contributed by atoms with Crippen molar-refractivity contribution in [2.45, 2.75) is 13.0 Å². The number of aromatic nitrogens is 2. The molecular weight excluding hydrogens is 338 g/mol. The minimum absolute atomic E-state index is 0.193. The van der Waals surface area contributed by atoms with Gasteiger partial charge >= 0.3 is 0 Å². The lowest BCUT2D eigenvalue weighted by Gasteiger charge is -2.14. The van der Waals surface area contributed by atoms with Crippen molar-refractivity contribution in [3.05, 3.63) is 78.1 Å². The third-order valence-corrected chi connectivity index (χ3v) is 5.22. The standard InChI is InChI=1S/C22H17N3O2/c26-21-16-7-1-2-8-17(16)22(27)25(21)13-5-12-24-19-9-4-3-6-15(19)18-14-23-11-10-20(18)24/h1-4,6-11,14H,5,12-13H2. The Labute approximate surface area is 155 Å². The molecule has 5 rings (SSSR count). The van der Waals surface area contributed by atoms with Gasteiger partial charge in [0.15, 0.2) is 0 Å². The summed E-state index contributed by atoms with van der Waals surface area (Å²) in [7, 11) is 0. The van der Waals surface area contributed by atoms with Crippen LogP contribution in [0.3, 0.4) is 0 Å². The molecule has 0 spiro atoms. The molecule has 0 bridgehead atoms. The van der Waals surface area contributed by atoms with Gasteiger partial charge in [-0.2, -0.15) is 0 Å². The zero-order valence-electron chi connectivity index (χ0n) is 14.6. The summed E-state index contributed by atoms with van der Waals surface area (Å²) in [5, 5.41) is 2.29. The Kier molecular flexibility index (Phi) is 3.53.